The minimum atomic E-state index is -1.47. The Balaban J connectivity index is 2.22. The third-order valence-corrected chi connectivity index (χ3v) is 4.85. The highest BCUT2D eigenvalue weighted by Crippen LogP contribution is 2.31. The highest BCUT2D eigenvalue weighted by molar-refractivity contribution is 6.34. The molecule has 1 N–H and O–H groups in total. The molecular formula is C21H16Cl2N3O4-. The molecule has 1 amide bonds. The van der Waals surface area contributed by atoms with Crippen molar-refractivity contribution in [2.24, 2.45) is 0 Å². The second-order valence-corrected chi connectivity index (χ2v) is 7.22. The number of nitrogens with one attached hydrogen (secondary N) is 1. The van der Waals surface area contributed by atoms with E-state index in [1.54, 1.807) is 54.6 Å². The summed E-state index contributed by atoms with van der Waals surface area (Å²) in [5.74, 6) is -1.76. The zero-order valence-electron chi connectivity index (χ0n) is 15.8. The van der Waals surface area contributed by atoms with Crippen molar-refractivity contribution < 1.29 is 14.7 Å². The van der Waals surface area contributed by atoms with Gasteiger partial charge in [-0.2, -0.15) is 0 Å². The van der Waals surface area contributed by atoms with Crippen LogP contribution in [0.2, 0.25) is 10.3 Å². The van der Waals surface area contributed by atoms with Gasteiger partial charge in [-0.05, 0) is 24.1 Å². The van der Waals surface area contributed by atoms with E-state index in [1.165, 1.54) is 6.92 Å². The van der Waals surface area contributed by atoms with Crippen LogP contribution in [0.15, 0.2) is 59.4 Å². The first-order valence-electron chi connectivity index (χ1n) is 8.88. The summed E-state index contributed by atoms with van der Waals surface area (Å²) < 4.78 is 0.979. The largest absolute Gasteiger partial charge is 0.548 e. The summed E-state index contributed by atoms with van der Waals surface area (Å²) in [6, 6.07) is 13.8. The molecule has 1 aromatic heterocycles. The molecule has 3 rings (SSSR count). The van der Waals surface area contributed by atoms with Gasteiger partial charge in [0, 0.05) is 18.2 Å². The summed E-state index contributed by atoms with van der Waals surface area (Å²) in [7, 11) is 0. The lowest BCUT2D eigenvalue weighted by molar-refractivity contribution is -0.310. The van der Waals surface area contributed by atoms with Crippen molar-refractivity contribution >= 4 is 40.8 Å². The maximum absolute atomic E-state index is 12.9. The molecule has 30 heavy (non-hydrogen) atoms. The Kier molecular flexibility index (Phi) is 6.54. The van der Waals surface area contributed by atoms with Gasteiger partial charge in [-0.15, -0.1) is 0 Å². The predicted octanol–water partition coefficient (Wildman–Crippen LogP) is 2.71. The lowest BCUT2D eigenvalue weighted by Gasteiger charge is -2.25. The third-order valence-electron chi connectivity index (χ3n) is 4.34. The van der Waals surface area contributed by atoms with Crippen molar-refractivity contribution in [1.82, 2.24) is 9.55 Å². The van der Waals surface area contributed by atoms with Crippen LogP contribution < -0.4 is 16.0 Å². The Hall–Kier alpha value is -3.16. The summed E-state index contributed by atoms with van der Waals surface area (Å²) in [5, 5.41) is 14.1. The van der Waals surface area contributed by atoms with Crippen molar-refractivity contribution in [3.8, 4) is 11.3 Å². The SMILES string of the molecule is CC(=O)Nc1cccc(-c2c(Cl)nc(Cl)c(=O)n2C(Cc2ccccc2)C(=O)[O-])c1. The standard InChI is InChI=1S/C21H17Cl2N3O4/c1-12(27)24-15-9-5-8-14(11-15)17-18(22)25-19(23)20(28)26(17)16(21(29)30)10-13-6-3-2-4-7-13/h2-9,11,16H,10H2,1H3,(H,24,27)(H,29,30)/p-1. The van der Waals surface area contributed by atoms with Gasteiger partial charge in [0.15, 0.2) is 10.3 Å². The van der Waals surface area contributed by atoms with Crippen molar-refractivity contribution in [1.29, 1.82) is 0 Å². The zero-order chi connectivity index (χ0) is 21.8. The first-order chi connectivity index (χ1) is 14.3. The number of hydrogen-bond acceptors (Lipinski definition) is 5. The smallest absolute Gasteiger partial charge is 0.289 e. The number of carbonyl (C=O) groups is 2. The van der Waals surface area contributed by atoms with E-state index in [2.05, 4.69) is 10.3 Å². The van der Waals surface area contributed by atoms with E-state index >= 15 is 0 Å². The summed E-state index contributed by atoms with van der Waals surface area (Å²) in [5.41, 5.74) is 0.750. The molecule has 0 spiro atoms. The van der Waals surface area contributed by atoms with Gasteiger partial charge in [-0.3, -0.25) is 14.2 Å². The van der Waals surface area contributed by atoms with Crippen LogP contribution in [-0.2, 0) is 16.0 Å². The second kappa shape index (κ2) is 9.11. The molecule has 0 aliphatic rings. The molecule has 0 aliphatic heterocycles. The molecule has 7 nitrogen and oxygen atoms in total. The van der Waals surface area contributed by atoms with Crippen LogP contribution in [0, 0.1) is 0 Å². The van der Waals surface area contributed by atoms with Crippen molar-refractivity contribution in [3.05, 3.63) is 80.8 Å². The fourth-order valence-corrected chi connectivity index (χ4v) is 3.61. The van der Waals surface area contributed by atoms with Crippen LogP contribution in [0.1, 0.15) is 18.5 Å². The van der Waals surface area contributed by atoms with Crippen molar-refractivity contribution in [2.45, 2.75) is 19.4 Å². The molecule has 0 saturated carbocycles. The number of carbonyl (C=O) groups excluding carboxylic acids is 2. The Morgan fingerprint density at radius 1 is 1.10 bits per heavy atom. The molecule has 154 valence electrons. The Labute approximate surface area is 181 Å². The van der Waals surface area contributed by atoms with E-state index in [1.807, 2.05) is 0 Å². The zero-order valence-corrected chi connectivity index (χ0v) is 17.3. The van der Waals surface area contributed by atoms with E-state index in [0.717, 1.165) is 4.57 Å². The average Bonchev–Trinajstić information content (AvgIpc) is 2.69. The molecular weight excluding hydrogens is 429 g/mol. The summed E-state index contributed by atoms with van der Waals surface area (Å²) in [6.07, 6.45) is -0.0296. The van der Waals surface area contributed by atoms with Gasteiger partial charge < -0.3 is 15.2 Å². The maximum atomic E-state index is 12.9. The Bertz CT molecular complexity index is 1160. The van der Waals surface area contributed by atoms with E-state index < -0.39 is 22.7 Å². The number of anilines is 1. The lowest BCUT2D eigenvalue weighted by Crippen LogP contribution is -2.40. The van der Waals surface area contributed by atoms with Gasteiger partial charge in [-0.1, -0.05) is 65.7 Å². The highest BCUT2D eigenvalue weighted by Gasteiger charge is 2.24. The second-order valence-electron chi connectivity index (χ2n) is 6.50. The van der Waals surface area contributed by atoms with Crippen LogP contribution in [0.25, 0.3) is 11.3 Å². The van der Waals surface area contributed by atoms with Gasteiger partial charge in [0.05, 0.1) is 17.7 Å². The van der Waals surface area contributed by atoms with Gasteiger partial charge in [0.2, 0.25) is 5.91 Å². The highest BCUT2D eigenvalue weighted by atomic mass is 35.5. The van der Waals surface area contributed by atoms with E-state index in [9.17, 15) is 19.5 Å². The van der Waals surface area contributed by atoms with Crippen LogP contribution >= 0.6 is 23.2 Å². The van der Waals surface area contributed by atoms with E-state index in [4.69, 9.17) is 23.2 Å². The number of nitrogens with zero attached hydrogens (tertiary/aromatic N) is 2. The van der Waals surface area contributed by atoms with Gasteiger partial charge in [0.1, 0.15) is 0 Å². The third kappa shape index (κ3) is 4.69. The Morgan fingerprint density at radius 2 is 1.80 bits per heavy atom. The number of aromatic nitrogens is 2. The number of carboxylic acids is 1. The van der Waals surface area contributed by atoms with E-state index in [0.29, 0.717) is 16.8 Å². The molecule has 2 aromatic carbocycles. The maximum Gasteiger partial charge on any atom is 0.289 e. The first kappa shape index (κ1) is 21.5. The Morgan fingerprint density at radius 3 is 2.43 bits per heavy atom. The monoisotopic (exact) mass is 444 g/mol. The minimum Gasteiger partial charge on any atom is -0.548 e. The first-order valence-corrected chi connectivity index (χ1v) is 9.64. The number of carboxylic acid groups (broad SMARTS) is 1. The molecule has 3 aromatic rings. The topological polar surface area (TPSA) is 104 Å². The van der Waals surface area contributed by atoms with Crippen LogP contribution in [0.5, 0.6) is 0 Å². The van der Waals surface area contributed by atoms with Crippen LogP contribution in [0.4, 0.5) is 5.69 Å². The van der Waals surface area contributed by atoms with E-state index in [-0.39, 0.29) is 23.2 Å². The van der Waals surface area contributed by atoms with Gasteiger partial charge >= 0.3 is 0 Å². The van der Waals surface area contributed by atoms with Gasteiger partial charge in [0.25, 0.3) is 5.56 Å². The summed E-state index contributed by atoms with van der Waals surface area (Å²) in [6.45, 7) is 1.35. The molecule has 0 saturated heterocycles. The molecule has 1 atom stereocenters. The molecule has 0 radical (unpaired) electrons. The van der Waals surface area contributed by atoms with Crippen LogP contribution in [0.3, 0.4) is 0 Å². The number of amides is 1. The number of hydrogen-bond donors (Lipinski definition) is 1. The van der Waals surface area contributed by atoms with Crippen molar-refractivity contribution in [2.75, 3.05) is 5.32 Å². The summed E-state index contributed by atoms with van der Waals surface area (Å²) in [4.78, 5) is 40.1. The van der Waals surface area contributed by atoms with Gasteiger partial charge in [-0.25, -0.2) is 4.98 Å². The average molecular weight is 445 g/mol. The normalized spacial score (nSPS) is 11.7. The number of benzene rings is 2. The van der Waals surface area contributed by atoms with Crippen molar-refractivity contribution in [3.63, 3.8) is 0 Å². The molecule has 0 bridgehead atoms. The minimum absolute atomic E-state index is 0.0296. The fourth-order valence-electron chi connectivity index (χ4n) is 3.11. The fraction of sp³-hybridized carbons (Fsp3) is 0.143. The molecule has 1 heterocycles. The van der Waals surface area contributed by atoms with Crippen LogP contribution in [-0.4, -0.2) is 21.4 Å². The summed E-state index contributed by atoms with van der Waals surface area (Å²) >= 11 is 12.2. The number of halogens is 2. The lowest BCUT2D eigenvalue weighted by atomic mass is 10.0. The molecule has 9 heteroatoms. The number of rotatable bonds is 6. The molecule has 0 fully saturated rings. The number of aliphatic carboxylic acids is 1. The quantitative estimate of drug-likeness (QED) is 0.629. The molecule has 0 aliphatic carbocycles. The predicted molar refractivity (Wildman–Crippen MR) is 112 cm³/mol. The molecule has 1 unspecified atom stereocenters.